The average molecular weight is 651 g/mol. The molecular weight excluding hydrogens is 619 g/mol. The van der Waals surface area contributed by atoms with Gasteiger partial charge in [-0.1, -0.05) is 0 Å². The summed E-state index contributed by atoms with van der Waals surface area (Å²) in [6.45, 7) is 1.16. The highest BCUT2D eigenvalue weighted by Gasteiger charge is 2.32. The molecule has 5 aromatic rings. The van der Waals surface area contributed by atoms with Gasteiger partial charge in [0, 0.05) is 34.5 Å². The molecule has 0 saturated carbocycles. The molecule has 2 aliphatic rings. The van der Waals surface area contributed by atoms with Gasteiger partial charge in [0.2, 0.25) is 12.5 Å². The van der Waals surface area contributed by atoms with E-state index in [9.17, 15) is 0 Å². The first-order valence-corrected chi connectivity index (χ1v) is 13.4. The van der Waals surface area contributed by atoms with Crippen molar-refractivity contribution < 1.29 is 52.2 Å². The molecule has 0 unspecified atom stereocenters. The quantitative estimate of drug-likeness (QED) is 0.217. The lowest BCUT2D eigenvalue weighted by Crippen LogP contribution is -3.00. The molecule has 4 heterocycles. The highest BCUT2D eigenvalue weighted by atomic mass is 127. The molecule has 0 radical (unpaired) electrons. The van der Waals surface area contributed by atoms with Crippen molar-refractivity contribution in [3.63, 3.8) is 0 Å². The van der Waals surface area contributed by atoms with Crippen LogP contribution in [0.2, 0.25) is 0 Å². The van der Waals surface area contributed by atoms with Crippen molar-refractivity contribution in [1.82, 2.24) is 4.98 Å². The van der Waals surface area contributed by atoms with Crippen molar-refractivity contribution in [2.45, 2.75) is 32.2 Å². The number of aromatic nitrogens is 2. The summed E-state index contributed by atoms with van der Waals surface area (Å²) in [6, 6.07) is 14.7. The highest BCUT2D eigenvalue weighted by molar-refractivity contribution is 5.95. The first-order valence-electron chi connectivity index (χ1n) is 13.4. The van der Waals surface area contributed by atoms with Crippen molar-refractivity contribution in [3.8, 4) is 40.0 Å². The molecule has 206 valence electrons. The zero-order chi connectivity index (χ0) is 26.5. The topological polar surface area (TPSA) is 65.8 Å². The van der Waals surface area contributed by atoms with Crippen LogP contribution in [0, 0.1) is 0 Å². The number of hydrogen-bond acceptors (Lipinski definition) is 5. The molecule has 40 heavy (non-hydrogen) atoms. The van der Waals surface area contributed by atoms with Gasteiger partial charge >= 0.3 is 0 Å². The van der Waals surface area contributed by atoms with E-state index in [4.69, 9.17) is 23.7 Å². The molecule has 0 fully saturated rings. The summed E-state index contributed by atoms with van der Waals surface area (Å²) in [4.78, 5) is 3.42. The van der Waals surface area contributed by atoms with E-state index in [0.29, 0.717) is 0 Å². The fraction of sp³-hybridized carbons (Fsp3) is 0.281. The Morgan fingerprint density at radius 3 is 2.52 bits per heavy atom. The first kappa shape index (κ1) is 26.6. The summed E-state index contributed by atoms with van der Waals surface area (Å²) in [5.41, 5.74) is 7.50. The molecular formula is C32H31IN2O5. The van der Waals surface area contributed by atoms with Gasteiger partial charge in [0.15, 0.2) is 35.7 Å². The maximum atomic E-state index is 5.87. The monoisotopic (exact) mass is 650 g/mol. The normalized spacial score (nSPS) is 13.1. The van der Waals surface area contributed by atoms with Crippen molar-refractivity contribution in [2.24, 2.45) is 0 Å². The van der Waals surface area contributed by atoms with Crippen LogP contribution >= 0.6 is 0 Å². The fourth-order valence-electron chi connectivity index (χ4n) is 6.21. The lowest BCUT2D eigenvalue weighted by Gasteiger charge is -2.21. The average Bonchev–Trinajstić information content (AvgIpc) is 3.60. The molecule has 0 spiro atoms. The van der Waals surface area contributed by atoms with E-state index >= 15 is 0 Å². The summed E-state index contributed by atoms with van der Waals surface area (Å²) in [6.07, 6.45) is 8.12. The molecule has 2 aromatic heterocycles. The van der Waals surface area contributed by atoms with Crippen LogP contribution in [-0.2, 0) is 25.8 Å². The SMILES string of the molecule is COc1ccc2[nH]cc(CCCc3c4[n+](cc5c(OC)c(OC)ccc35)CCc3cc5c(cc3-4)OCO5)c2c1.[I-]. The Hall–Kier alpha value is -3.66. The summed E-state index contributed by atoms with van der Waals surface area (Å²) in [5.74, 6) is 4.04. The molecule has 2 aliphatic heterocycles. The van der Waals surface area contributed by atoms with Crippen LogP contribution in [0.15, 0.2) is 54.9 Å². The maximum absolute atomic E-state index is 5.87. The van der Waals surface area contributed by atoms with Crippen molar-refractivity contribution in [2.75, 3.05) is 28.1 Å². The number of benzene rings is 3. The van der Waals surface area contributed by atoms with E-state index in [1.54, 1.807) is 21.3 Å². The van der Waals surface area contributed by atoms with Crippen LogP contribution in [0.5, 0.6) is 28.7 Å². The fourth-order valence-corrected chi connectivity index (χ4v) is 6.21. The second-order valence-corrected chi connectivity index (χ2v) is 10.1. The number of fused-ring (bicyclic) bond motifs is 6. The van der Waals surface area contributed by atoms with Crippen LogP contribution in [0.4, 0.5) is 0 Å². The van der Waals surface area contributed by atoms with E-state index in [0.717, 1.165) is 71.9 Å². The summed E-state index contributed by atoms with van der Waals surface area (Å²) in [7, 11) is 5.11. The Bertz CT molecular complexity index is 1750. The third-order valence-corrected chi connectivity index (χ3v) is 8.09. The number of hydrogen-bond donors (Lipinski definition) is 1. The molecule has 0 atom stereocenters. The second kappa shape index (κ2) is 10.7. The minimum atomic E-state index is 0. The molecule has 0 amide bonds. The number of nitrogens with one attached hydrogen (secondary N) is 1. The molecule has 0 aliphatic carbocycles. The molecule has 1 N–H and O–H groups in total. The van der Waals surface area contributed by atoms with Crippen molar-refractivity contribution in [3.05, 3.63) is 71.5 Å². The lowest BCUT2D eigenvalue weighted by molar-refractivity contribution is -0.686. The Morgan fingerprint density at radius 1 is 0.875 bits per heavy atom. The number of halogens is 1. The van der Waals surface area contributed by atoms with Crippen LogP contribution in [0.3, 0.4) is 0 Å². The maximum Gasteiger partial charge on any atom is 0.231 e. The van der Waals surface area contributed by atoms with Crippen LogP contribution in [-0.4, -0.2) is 33.1 Å². The van der Waals surface area contributed by atoms with Gasteiger partial charge in [-0.05, 0) is 72.9 Å². The predicted octanol–water partition coefficient (Wildman–Crippen LogP) is 2.77. The van der Waals surface area contributed by atoms with Crippen molar-refractivity contribution in [1.29, 1.82) is 0 Å². The van der Waals surface area contributed by atoms with Gasteiger partial charge in [0.1, 0.15) is 5.75 Å². The minimum Gasteiger partial charge on any atom is -1.00 e. The zero-order valence-corrected chi connectivity index (χ0v) is 25.0. The second-order valence-electron chi connectivity index (χ2n) is 10.1. The Morgan fingerprint density at radius 2 is 1.73 bits per heavy atom. The van der Waals surface area contributed by atoms with Gasteiger partial charge in [0.25, 0.3) is 0 Å². The van der Waals surface area contributed by atoms with E-state index in [1.807, 2.05) is 12.1 Å². The molecule has 0 bridgehead atoms. The Kier molecular flexibility index (Phi) is 7.12. The summed E-state index contributed by atoms with van der Waals surface area (Å²) < 4.78 is 30.8. The number of H-pyrrole nitrogens is 1. The number of ether oxygens (including phenoxy) is 5. The molecule has 7 rings (SSSR count). The lowest BCUT2D eigenvalue weighted by atomic mass is 9.89. The molecule has 0 saturated heterocycles. The van der Waals surface area contributed by atoms with Crippen molar-refractivity contribution >= 4 is 21.7 Å². The summed E-state index contributed by atoms with van der Waals surface area (Å²) >= 11 is 0. The molecule has 8 heteroatoms. The number of methoxy groups -OCH3 is 3. The number of pyridine rings is 1. The van der Waals surface area contributed by atoms with Gasteiger partial charge in [-0.15, -0.1) is 0 Å². The number of rotatable bonds is 7. The number of aromatic amines is 1. The van der Waals surface area contributed by atoms with E-state index < -0.39 is 0 Å². The molecule has 3 aromatic carbocycles. The smallest absolute Gasteiger partial charge is 0.231 e. The number of nitrogens with zero attached hydrogens (tertiary/aromatic N) is 1. The van der Waals surface area contributed by atoms with Gasteiger partial charge in [-0.3, -0.25) is 0 Å². The Balaban J connectivity index is 0.00000289. The van der Waals surface area contributed by atoms with Gasteiger partial charge in [-0.25, -0.2) is 0 Å². The van der Waals surface area contributed by atoms with Gasteiger partial charge in [-0.2, -0.15) is 4.57 Å². The van der Waals surface area contributed by atoms with Crippen LogP contribution < -0.4 is 52.2 Å². The molecule has 7 nitrogen and oxygen atoms in total. The zero-order valence-electron chi connectivity index (χ0n) is 22.8. The van der Waals surface area contributed by atoms with Crippen LogP contribution in [0.25, 0.3) is 32.9 Å². The van der Waals surface area contributed by atoms with Crippen LogP contribution in [0.1, 0.15) is 23.1 Å². The summed E-state index contributed by atoms with van der Waals surface area (Å²) in [5, 5.41) is 3.47. The predicted molar refractivity (Wildman–Crippen MR) is 149 cm³/mol. The van der Waals surface area contributed by atoms with E-state index in [2.05, 4.69) is 52.3 Å². The standard InChI is InChI=1S/C32H31N2O5.HI/c1-35-21-7-9-27-24(14-21)20(16-33-27)5-4-6-23-22-8-10-28(36-2)32(37-3)26(22)17-34-12-11-19-13-29-30(39-18-38-29)15-25(19)31(23)34;/h7-10,13-17,33H,4-6,11-12,18H2,1-3H3;1H/q+1;/p-1. The first-order chi connectivity index (χ1) is 19.2. The number of aryl methyl sites for hydroxylation is 4. The van der Waals surface area contributed by atoms with Gasteiger partial charge in [0.05, 0.1) is 32.3 Å². The largest absolute Gasteiger partial charge is 1.00 e. The van der Waals surface area contributed by atoms with Gasteiger partial charge < -0.3 is 52.6 Å². The minimum absolute atomic E-state index is 0. The van der Waals surface area contributed by atoms with E-state index in [-0.39, 0.29) is 30.8 Å². The third-order valence-electron chi connectivity index (χ3n) is 8.09. The van der Waals surface area contributed by atoms with E-state index in [1.165, 1.54) is 38.7 Å². The third kappa shape index (κ3) is 4.29. The highest BCUT2D eigenvalue weighted by Crippen LogP contribution is 2.44. The Labute approximate surface area is 250 Å².